The molecule has 0 radical (unpaired) electrons. The number of hydrogen-bond acceptors (Lipinski definition) is 5. The number of nitrogens with zero attached hydrogens (tertiary/aromatic N) is 1. The number of ether oxygens (including phenoxy) is 2. The van der Waals surface area contributed by atoms with Crippen LogP contribution in [0.25, 0.3) is 0 Å². The first-order chi connectivity index (χ1) is 9.65. The van der Waals surface area contributed by atoms with E-state index in [0.29, 0.717) is 17.2 Å². The van der Waals surface area contributed by atoms with E-state index >= 15 is 0 Å². The number of anilines is 2. The highest BCUT2D eigenvalue weighted by Crippen LogP contribution is 2.26. The lowest BCUT2D eigenvalue weighted by atomic mass is 9.98. The highest BCUT2D eigenvalue weighted by molar-refractivity contribution is 5.96. The SMILES string of the molecule is COCC1CCCN(c2ccc(N)c(C(=O)OC)c2)C1. The van der Waals surface area contributed by atoms with Crippen molar-refractivity contribution in [2.45, 2.75) is 12.8 Å². The summed E-state index contributed by atoms with van der Waals surface area (Å²) in [5, 5.41) is 0. The molecular formula is C15H22N2O3. The third kappa shape index (κ3) is 3.22. The van der Waals surface area contributed by atoms with Gasteiger partial charge in [0, 0.05) is 31.6 Å². The standard InChI is InChI=1S/C15H22N2O3/c1-19-10-11-4-3-7-17(9-11)12-5-6-14(16)13(8-12)15(18)20-2/h5-6,8,11H,3-4,7,9-10,16H2,1-2H3. The van der Waals surface area contributed by atoms with Crippen molar-refractivity contribution in [3.63, 3.8) is 0 Å². The topological polar surface area (TPSA) is 64.8 Å². The molecule has 1 fully saturated rings. The van der Waals surface area contributed by atoms with Gasteiger partial charge >= 0.3 is 5.97 Å². The summed E-state index contributed by atoms with van der Waals surface area (Å²) < 4.78 is 10.0. The summed E-state index contributed by atoms with van der Waals surface area (Å²) in [6.45, 7) is 2.71. The Morgan fingerprint density at radius 1 is 1.45 bits per heavy atom. The van der Waals surface area contributed by atoms with Crippen molar-refractivity contribution in [1.29, 1.82) is 0 Å². The normalized spacial score (nSPS) is 18.9. The van der Waals surface area contributed by atoms with Crippen molar-refractivity contribution in [2.75, 3.05) is 44.5 Å². The van der Waals surface area contributed by atoms with E-state index in [1.807, 2.05) is 12.1 Å². The molecule has 20 heavy (non-hydrogen) atoms. The molecule has 0 saturated carbocycles. The van der Waals surface area contributed by atoms with Crippen LogP contribution < -0.4 is 10.6 Å². The van der Waals surface area contributed by atoms with Gasteiger partial charge in [-0.1, -0.05) is 0 Å². The van der Waals surface area contributed by atoms with E-state index in [1.54, 1.807) is 13.2 Å². The molecule has 2 N–H and O–H groups in total. The van der Waals surface area contributed by atoms with E-state index in [2.05, 4.69) is 4.90 Å². The monoisotopic (exact) mass is 278 g/mol. The van der Waals surface area contributed by atoms with Crippen LogP contribution in [0, 0.1) is 5.92 Å². The zero-order valence-corrected chi connectivity index (χ0v) is 12.1. The molecule has 1 aromatic rings. The third-order valence-corrected chi connectivity index (χ3v) is 3.73. The minimum Gasteiger partial charge on any atom is -0.465 e. The summed E-state index contributed by atoms with van der Waals surface area (Å²) in [5.41, 5.74) is 7.72. The highest BCUT2D eigenvalue weighted by atomic mass is 16.5. The summed E-state index contributed by atoms with van der Waals surface area (Å²) >= 11 is 0. The van der Waals surface area contributed by atoms with E-state index in [9.17, 15) is 4.79 Å². The fourth-order valence-corrected chi connectivity index (χ4v) is 2.70. The predicted molar refractivity (Wildman–Crippen MR) is 79.0 cm³/mol. The molecule has 0 aliphatic carbocycles. The molecule has 0 amide bonds. The number of nitrogen functional groups attached to an aromatic ring is 1. The number of nitrogens with two attached hydrogens (primary N) is 1. The van der Waals surface area contributed by atoms with E-state index in [-0.39, 0.29) is 0 Å². The Kier molecular flexibility index (Phi) is 4.84. The molecule has 1 unspecified atom stereocenters. The van der Waals surface area contributed by atoms with Crippen LogP contribution >= 0.6 is 0 Å². The second kappa shape index (κ2) is 6.61. The summed E-state index contributed by atoms with van der Waals surface area (Å²) in [4.78, 5) is 14.0. The number of esters is 1. The first-order valence-electron chi connectivity index (χ1n) is 6.87. The number of benzene rings is 1. The van der Waals surface area contributed by atoms with Crippen LogP contribution in [-0.4, -0.2) is 39.9 Å². The van der Waals surface area contributed by atoms with Gasteiger partial charge in [0.15, 0.2) is 0 Å². The molecule has 1 aliphatic rings. The lowest BCUT2D eigenvalue weighted by Crippen LogP contribution is -2.37. The minimum absolute atomic E-state index is 0.394. The quantitative estimate of drug-likeness (QED) is 0.673. The zero-order chi connectivity index (χ0) is 14.5. The maximum absolute atomic E-state index is 11.7. The van der Waals surface area contributed by atoms with Crippen molar-refractivity contribution >= 4 is 17.3 Å². The Bertz CT molecular complexity index is 474. The molecule has 5 heteroatoms. The lowest BCUT2D eigenvalue weighted by molar-refractivity contribution is 0.0602. The van der Waals surface area contributed by atoms with Gasteiger partial charge in [-0.2, -0.15) is 0 Å². The van der Waals surface area contributed by atoms with Gasteiger partial charge in [0.1, 0.15) is 0 Å². The number of carbonyl (C=O) groups is 1. The fourth-order valence-electron chi connectivity index (χ4n) is 2.70. The van der Waals surface area contributed by atoms with Crippen molar-refractivity contribution < 1.29 is 14.3 Å². The summed E-state index contributed by atoms with van der Waals surface area (Å²) in [6, 6.07) is 5.54. The number of rotatable bonds is 4. The molecule has 110 valence electrons. The molecule has 2 rings (SSSR count). The van der Waals surface area contributed by atoms with E-state index in [0.717, 1.165) is 31.8 Å². The molecule has 1 aromatic carbocycles. The molecule has 0 aromatic heterocycles. The number of carbonyl (C=O) groups excluding carboxylic acids is 1. The smallest absolute Gasteiger partial charge is 0.340 e. The zero-order valence-electron chi connectivity index (χ0n) is 12.1. The molecule has 0 spiro atoms. The van der Waals surface area contributed by atoms with Crippen LogP contribution in [0.3, 0.4) is 0 Å². The Balaban J connectivity index is 2.17. The van der Waals surface area contributed by atoms with Crippen LogP contribution in [0.5, 0.6) is 0 Å². The van der Waals surface area contributed by atoms with Crippen molar-refractivity contribution in [1.82, 2.24) is 0 Å². The van der Waals surface area contributed by atoms with Crippen LogP contribution in [0.1, 0.15) is 23.2 Å². The maximum atomic E-state index is 11.7. The third-order valence-electron chi connectivity index (χ3n) is 3.73. The van der Waals surface area contributed by atoms with Gasteiger partial charge in [0.2, 0.25) is 0 Å². The maximum Gasteiger partial charge on any atom is 0.340 e. The Morgan fingerprint density at radius 3 is 2.95 bits per heavy atom. The molecular weight excluding hydrogens is 256 g/mol. The molecule has 0 bridgehead atoms. The average molecular weight is 278 g/mol. The Morgan fingerprint density at radius 2 is 2.25 bits per heavy atom. The predicted octanol–water partition coefficient (Wildman–Crippen LogP) is 1.92. The first kappa shape index (κ1) is 14.7. The first-order valence-corrected chi connectivity index (χ1v) is 6.87. The minimum atomic E-state index is -0.394. The van der Waals surface area contributed by atoms with E-state index in [4.69, 9.17) is 15.2 Å². The average Bonchev–Trinajstić information content (AvgIpc) is 2.47. The van der Waals surface area contributed by atoms with Crippen LogP contribution in [0.15, 0.2) is 18.2 Å². The molecule has 1 heterocycles. The van der Waals surface area contributed by atoms with Crippen LogP contribution in [0.2, 0.25) is 0 Å². The molecule has 1 saturated heterocycles. The van der Waals surface area contributed by atoms with E-state index < -0.39 is 5.97 Å². The van der Waals surface area contributed by atoms with Gasteiger partial charge in [-0.25, -0.2) is 4.79 Å². The molecule has 5 nitrogen and oxygen atoms in total. The van der Waals surface area contributed by atoms with Gasteiger partial charge in [-0.05, 0) is 37.0 Å². The largest absolute Gasteiger partial charge is 0.465 e. The molecule has 1 atom stereocenters. The molecule has 1 aliphatic heterocycles. The number of methoxy groups -OCH3 is 2. The summed E-state index contributed by atoms with van der Waals surface area (Å²) in [5.74, 6) is 0.141. The van der Waals surface area contributed by atoms with Crippen molar-refractivity contribution in [2.24, 2.45) is 5.92 Å². The second-order valence-electron chi connectivity index (χ2n) is 5.17. The van der Waals surface area contributed by atoms with Crippen molar-refractivity contribution in [3.8, 4) is 0 Å². The second-order valence-corrected chi connectivity index (χ2v) is 5.17. The van der Waals surface area contributed by atoms with Gasteiger partial charge in [-0.3, -0.25) is 0 Å². The van der Waals surface area contributed by atoms with Gasteiger partial charge in [0.25, 0.3) is 0 Å². The van der Waals surface area contributed by atoms with Crippen LogP contribution in [0.4, 0.5) is 11.4 Å². The van der Waals surface area contributed by atoms with Crippen molar-refractivity contribution in [3.05, 3.63) is 23.8 Å². The Labute approximate surface area is 119 Å². The highest BCUT2D eigenvalue weighted by Gasteiger charge is 2.21. The van der Waals surface area contributed by atoms with Crippen LogP contribution in [-0.2, 0) is 9.47 Å². The fraction of sp³-hybridized carbons (Fsp3) is 0.533. The number of hydrogen-bond donors (Lipinski definition) is 1. The van der Waals surface area contributed by atoms with Gasteiger partial charge in [-0.15, -0.1) is 0 Å². The van der Waals surface area contributed by atoms with Gasteiger partial charge in [0.05, 0.1) is 19.3 Å². The number of piperidine rings is 1. The summed E-state index contributed by atoms with van der Waals surface area (Å²) in [7, 11) is 3.10. The summed E-state index contributed by atoms with van der Waals surface area (Å²) in [6.07, 6.45) is 2.31. The van der Waals surface area contributed by atoms with E-state index in [1.165, 1.54) is 13.5 Å². The Hall–Kier alpha value is -1.75. The van der Waals surface area contributed by atoms with Gasteiger partial charge < -0.3 is 20.1 Å². The lowest BCUT2D eigenvalue weighted by Gasteiger charge is -2.34.